The molecule has 0 fully saturated rings. The molecule has 0 radical (unpaired) electrons. The Morgan fingerprint density at radius 1 is 1.00 bits per heavy atom. The number of aryl methyl sites for hydroxylation is 2. The number of carbonyl (C=O) groups is 1. The van der Waals surface area contributed by atoms with E-state index in [4.69, 9.17) is 4.52 Å². The van der Waals surface area contributed by atoms with Gasteiger partial charge in [0.05, 0.1) is 11.3 Å². The van der Waals surface area contributed by atoms with Crippen LogP contribution < -0.4 is 5.32 Å². The number of rotatable bonds is 4. The maximum atomic E-state index is 13.0. The molecule has 4 aromatic rings. The van der Waals surface area contributed by atoms with Crippen LogP contribution in [0.25, 0.3) is 16.9 Å². The number of hydrogen-bond acceptors (Lipinski definition) is 4. The Morgan fingerprint density at radius 2 is 1.67 bits per heavy atom. The summed E-state index contributed by atoms with van der Waals surface area (Å²) < 4.78 is 6.85. The molecular weight excluding hydrogens is 340 g/mol. The van der Waals surface area contributed by atoms with Gasteiger partial charge in [-0.15, -0.1) is 0 Å². The molecule has 0 bridgehead atoms. The van der Waals surface area contributed by atoms with E-state index in [1.807, 2.05) is 60.7 Å². The van der Waals surface area contributed by atoms with Crippen LogP contribution in [0.1, 0.15) is 21.8 Å². The van der Waals surface area contributed by atoms with E-state index in [9.17, 15) is 4.79 Å². The maximum Gasteiger partial charge on any atom is 0.259 e. The molecule has 0 aliphatic heterocycles. The molecule has 0 unspecified atom stereocenters. The Morgan fingerprint density at radius 3 is 2.30 bits per heavy atom. The molecule has 6 nitrogen and oxygen atoms in total. The van der Waals surface area contributed by atoms with E-state index in [0.29, 0.717) is 28.4 Å². The second-order valence-corrected chi connectivity index (χ2v) is 6.19. The molecule has 0 saturated carbocycles. The van der Waals surface area contributed by atoms with Gasteiger partial charge < -0.3 is 9.84 Å². The first kappa shape index (κ1) is 16.8. The second kappa shape index (κ2) is 6.92. The van der Waals surface area contributed by atoms with E-state index < -0.39 is 0 Å². The SMILES string of the molecule is Cc1noc(C)c1NC(=O)c1cn(-c2ccccc2)nc1-c1ccccc1. The third-order valence-corrected chi connectivity index (χ3v) is 4.30. The molecule has 1 amide bonds. The van der Waals surface area contributed by atoms with E-state index in [1.54, 1.807) is 24.7 Å². The summed E-state index contributed by atoms with van der Waals surface area (Å²) in [6.45, 7) is 3.55. The predicted molar refractivity (Wildman–Crippen MR) is 103 cm³/mol. The number of anilines is 1. The Bertz CT molecular complexity index is 1060. The first-order chi connectivity index (χ1) is 13.1. The lowest BCUT2D eigenvalue weighted by Gasteiger charge is -2.04. The highest BCUT2D eigenvalue weighted by Crippen LogP contribution is 2.26. The quantitative estimate of drug-likeness (QED) is 0.587. The number of para-hydroxylation sites is 1. The molecule has 0 aliphatic carbocycles. The van der Waals surface area contributed by atoms with Crippen LogP contribution in [0.4, 0.5) is 5.69 Å². The van der Waals surface area contributed by atoms with Crippen molar-refractivity contribution in [2.45, 2.75) is 13.8 Å². The molecule has 27 heavy (non-hydrogen) atoms. The van der Waals surface area contributed by atoms with Gasteiger partial charge in [0.15, 0.2) is 5.76 Å². The first-order valence-electron chi connectivity index (χ1n) is 8.58. The zero-order valence-corrected chi connectivity index (χ0v) is 15.0. The average Bonchev–Trinajstić information content (AvgIpc) is 3.29. The summed E-state index contributed by atoms with van der Waals surface area (Å²) in [6, 6.07) is 19.3. The van der Waals surface area contributed by atoms with Gasteiger partial charge in [-0.2, -0.15) is 5.10 Å². The summed E-state index contributed by atoms with van der Waals surface area (Å²) in [6.07, 6.45) is 1.74. The summed E-state index contributed by atoms with van der Waals surface area (Å²) in [4.78, 5) is 13.0. The minimum absolute atomic E-state index is 0.259. The number of amides is 1. The van der Waals surface area contributed by atoms with Crippen LogP contribution in [0.15, 0.2) is 71.4 Å². The number of hydrogen-bond donors (Lipinski definition) is 1. The van der Waals surface area contributed by atoms with E-state index in [1.165, 1.54) is 0 Å². The van der Waals surface area contributed by atoms with Crippen molar-refractivity contribution >= 4 is 11.6 Å². The highest BCUT2D eigenvalue weighted by Gasteiger charge is 2.21. The molecule has 2 aromatic heterocycles. The largest absolute Gasteiger partial charge is 0.359 e. The molecule has 6 heteroatoms. The molecule has 0 saturated heterocycles. The molecule has 2 heterocycles. The van der Waals surface area contributed by atoms with Crippen LogP contribution >= 0.6 is 0 Å². The van der Waals surface area contributed by atoms with Gasteiger partial charge in [0, 0.05) is 11.8 Å². The fraction of sp³-hybridized carbons (Fsp3) is 0.0952. The Hall–Kier alpha value is -3.67. The molecule has 134 valence electrons. The third-order valence-electron chi connectivity index (χ3n) is 4.30. The van der Waals surface area contributed by atoms with Gasteiger partial charge in [-0.25, -0.2) is 4.68 Å². The van der Waals surface area contributed by atoms with Crippen LogP contribution in [-0.4, -0.2) is 20.8 Å². The van der Waals surface area contributed by atoms with Crippen molar-refractivity contribution in [3.63, 3.8) is 0 Å². The van der Waals surface area contributed by atoms with Gasteiger partial charge in [-0.05, 0) is 26.0 Å². The van der Waals surface area contributed by atoms with Crippen molar-refractivity contribution in [3.05, 3.63) is 83.9 Å². The van der Waals surface area contributed by atoms with Crippen molar-refractivity contribution < 1.29 is 9.32 Å². The van der Waals surface area contributed by atoms with Crippen molar-refractivity contribution in [2.24, 2.45) is 0 Å². The van der Waals surface area contributed by atoms with Crippen molar-refractivity contribution in [1.82, 2.24) is 14.9 Å². The van der Waals surface area contributed by atoms with Gasteiger partial charge in [0.2, 0.25) is 0 Å². The van der Waals surface area contributed by atoms with Gasteiger partial charge in [-0.1, -0.05) is 53.7 Å². The van der Waals surface area contributed by atoms with Crippen LogP contribution in [0, 0.1) is 13.8 Å². The van der Waals surface area contributed by atoms with E-state index >= 15 is 0 Å². The van der Waals surface area contributed by atoms with Crippen LogP contribution in [0.2, 0.25) is 0 Å². The summed E-state index contributed by atoms with van der Waals surface area (Å²) >= 11 is 0. The minimum atomic E-state index is -0.259. The number of carbonyl (C=O) groups excluding carboxylic acids is 1. The van der Waals surface area contributed by atoms with Gasteiger partial charge in [-0.3, -0.25) is 4.79 Å². The molecule has 0 atom stereocenters. The highest BCUT2D eigenvalue weighted by molar-refractivity contribution is 6.08. The first-order valence-corrected chi connectivity index (χ1v) is 8.58. The van der Waals surface area contributed by atoms with Crippen LogP contribution in [-0.2, 0) is 0 Å². The lowest BCUT2D eigenvalue weighted by Crippen LogP contribution is -2.13. The fourth-order valence-corrected chi connectivity index (χ4v) is 2.90. The lowest BCUT2D eigenvalue weighted by atomic mass is 10.1. The zero-order valence-electron chi connectivity index (χ0n) is 15.0. The minimum Gasteiger partial charge on any atom is -0.359 e. The summed E-state index contributed by atoms with van der Waals surface area (Å²) in [5, 5.41) is 11.4. The maximum absolute atomic E-state index is 13.0. The highest BCUT2D eigenvalue weighted by atomic mass is 16.5. The number of aromatic nitrogens is 3. The Kier molecular flexibility index (Phi) is 4.30. The number of nitrogens with zero attached hydrogens (tertiary/aromatic N) is 3. The smallest absolute Gasteiger partial charge is 0.259 e. The van der Waals surface area contributed by atoms with E-state index in [-0.39, 0.29) is 5.91 Å². The molecule has 0 spiro atoms. The Balaban J connectivity index is 1.78. The lowest BCUT2D eigenvalue weighted by molar-refractivity contribution is 0.102. The summed E-state index contributed by atoms with van der Waals surface area (Å²) in [7, 11) is 0. The van der Waals surface area contributed by atoms with Gasteiger partial charge >= 0.3 is 0 Å². The zero-order chi connectivity index (χ0) is 18.8. The van der Waals surface area contributed by atoms with Crippen molar-refractivity contribution in [2.75, 3.05) is 5.32 Å². The van der Waals surface area contributed by atoms with Gasteiger partial charge in [0.25, 0.3) is 5.91 Å². The third kappa shape index (κ3) is 3.25. The number of benzene rings is 2. The van der Waals surface area contributed by atoms with Crippen LogP contribution in [0.3, 0.4) is 0 Å². The standard InChI is InChI=1S/C21H18N4O2/c1-14-19(15(2)27-24-14)22-21(26)18-13-25(17-11-7-4-8-12-17)23-20(18)16-9-5-3-6-10-16/h3-13H,1-2H3,(H,22,26). The number of nitrogens with one attached hydrogen (secondary N) is 1. The van der Waals surface area contributed by atoms with Gasteiger partial charge in [0.1, 0.15) is 17.1 Å². The predicted octanol–water partition coefficient (Wildman–Crippen LogP) is 4.40. The average molecular weight is 358 g/mol. The molecule has 4 rings (SSSR count). The van der Waals surface area contributed by atoms with E-state index in [2.05, 4.69) is 15.6 Å². The normalized spacial score (nSPS) is 10.7. The fourth-order valence-electron chi connectivity index (χ4n) is 2.90. The molecule has 2 aromatic carbocycles. The second-order valence-electron chi connectivity index (χ2n) is 6.19. The monoisotopic (exact) mass is 358 g/mol. The summed E-state index contributed by atoms with van der Waals surface area (Å²) in [5.74, 6) is 0.308. The molecular formula is C21H18N4O2. The summed E-state index contributed by atoms with van der Waals surface area (Å²) in [5.41, 5.74) is 4.07. The topological polar surface area (TPSA) is 73.0 Å². The van der Waals surface area contributed by atoms with Crippen molar-refractivity contribution in [3.8, 4) is 16.9 Å². The van der Waals surface area contributed by atoms with Crippen LogP contribution in [0.5, 0.6) is 0 Å². The van der Waals surface area contributed by atoms with Crippen molar-refractivity contribution in [1.29, 1.82) is 0 Å². The molecule has 0 aliphatic rings. The Labute approximate surface area is 156 Å². The van der Waals surface area contributed by atoms with E-state index in [0.717, 1.165) is 11.3 Å². The molecule has 1 N–H and O–H groups in total.